The summed E-state index contributed by atoms with van der Waals surface area (Å²) in [5.41, 5.74) is 0.311. The third-order valence-electron chi connectivity index (χ3n) is 4.20. The monoisotopic (exact) mass is 240 g/mol. The molecule has 4 heteroatoms. The number of nitrogens with one attached hydrogen (secondary N) is 1. The van der Waals surface area contributed by atoms with Crippen LogP contribution in [-0.4, -0.2) is 42.3 Å². The average molecular weight is 240 g/mol. The quantitative estimate of drug-likeness (QED) is 0.766. The van der Waals surface area contributed by atoms with E-state index in [1.54, 1.807) is 11.9 Å². The second-order valence-electron chi connectivity index (χ2n) is 6.11. The highest BCUT2D eigenvalue weighted by Gasteiger charge is 2.33. The van der Waals surface area contributed by atoms with Gasteiger partial charge in [0, 0.05) is 20.1 Å². The van der Waals surface area contributed by atoms with Crippen LogP contribution in [-0.2, 0) is 0 Å². The van der Waals surface area contributed by atoms with Crippen molar-refractivity contribution in [2.24, 2.45) is 11.3 Å². The lowest BCUT2D eigenvalue weighted by Gasteiger charge is -2.38. The first-order chi connectivity index (χ1) is 8.00. The number of amides is 2. The van der Waals surface area contributed by atoms with Gasteiger partial charge >= 0.3 is 6.03 Å². The fourth-order valence-corrected chi connectivity index (χ4v) is 2.37. The van der Waals surface area contributed by atoms with Crippen molar-refractivity contribution in [3.63, 3.8) is 0 Å². The molecule has 0 radical (unpaired) electrons. The van der Waals surface area contributed by atoms with Gasteiger partial charge < -0.3 is 15.3 Å². The molecule has 1 atom stereocenters. The largest absolute Gasteiger partial charge is 0.391 e. The van der Waals surface area contributed by atoms with Gasteiger partial charge in [-0.05, 0) is 37.0 Å². The molecule has 0 heterocycles. The van der Waals surface area contributed by atoms with Gasteiger partial charge in [-0.2, -0.15) is 0 Å². The first-order valence-corrected chi connectivity index (χ1v) is 6.67. The Labute approximate surface area is 103 Å². The minimum absolute atomic E-state index is 0.0576. The molecule has 0 bridgehead atoms. The maximum Gasteiger partial charge on any atom is 0.317 e. The summed E-state index contributed by atoms with van der Waals surface area (Å²) in [6, 6.07) is -0.0576. The third kappa shape index (κ3) is 3.35. The standard InChI is InChI=1S/C13H24N2O2/c1-13(6-3-7-13)9-14-12(17)15(2)8-11(16)10-4-5-10/h10-11,16H,3-9H2,1-2H3,(H,14,17). The maximum atomic E-state index is 11.8. The lowest BCUT2D eigenvalue weighted by Crippen LogP contribution is -2.46. The van der Waals surface area contributed by atoms with Crippen LogP contribution in [0, 0.1) is 11.3 Å². The van der Waals surface area contributed by atoms with Crippen molar-refractivity contribution in [2.45, 2.75) is 45.1 Å². The zero-order valence-corrected chi connectivity index (χ0v) is 10.9. The maximum absolute atomic E-state index is 11.8. The molecular formula is C13H24N2O2. The van der Waals surface area contributed by atoms with Crippen LogP contribution in [0.3, 0.4) is 0 Å². The summed E-state index contributed by atoms with van der Waals surface area (Å²) in [5, 5.41) is 12.7. The Bertz CT molecular complexity index is 285. The molecule has 0 aromatic heterocycles. The number of nitrogens with zero attached hydrogens (tertiary/aromatic N) is 1. The van der Waals surface area contributed by atoms with E-state index in [2.05, 4.69) is 12.2 Å². The van der Waals surface area contributed by atoms with E-state index in [9.17, 15) is 9.90 Å². The van der Waals surface area contributed by atoms with Gasteiger partial charge in [0.25, 0.3) is 0 Å². The third-order valence-corrected chi connectivity index (χ3v) is 4.20. The van der Waals surface area contributed by atoms with Gasteiger partial charge in [-0.25, -0.2) is 4.79 Å². The minimum atomic E-state index is -0.343. The predicted octanol–water partition coefficient (Wildman–Crippen LogP) is 1.59. The molecule has 2 rings (SSSR count). The second-order valence-corrected chi connectivity index (χ2v) is 6.11. The number of hydrogen-bond acceptors (Lipinski definition) is 2. The Balaban J connectivity index is 1.67. The molecule has 2 fully saturated rings. The molecule has 0 spiro atoms. The summed E-state index contributed by atoms with van der Waals surface area (Å²) in [4.78, 5) is 13.4. The highest BCUT2D eigenvalue weighted by molar-refractivity contribution is 5.73. The van der Waals surface area contributed by atoms with E-state index in [4.69, 9.17) is 0 Å². The van der Waals surface area contributed by atoms with Crippen LogP contribution in [0.2, 0.25) is 0 Å². The molecule has 17 heavy (non-hydrogen) atoms. The molecule has 0 aromatic rings. The highest BCUT2D eigenvalue weighted by atomic mass is 16.3. The summed E-state index contributed by atoms with van der Waals surface area (Å²) in [6.45, 7) is 3.43. The van der Waals surface area contributed by atoms with E-state index in [0.29, 0.717) is 17.9 Å². The van der Waals surface area contributed by atoms with Crippen molar-refractivity contribution in [3.8, 4) is 0 Å². The highest BCUT2D eigenvalue weighted by Crippen LogP contribution is 2.39. The Morgan fingerprint density at radius 1 is 1.53 bits per heavy atom. The Morgan fingerprint density at radius 2 is 2.18 bits per heavy atom. The topological polar surface area (TPSA) is 52.6 Å². The molecule has 0 aromatic carbocycles. The van der Waals surface area contributed by atoms with Gasteiger partial charge in [-0.1, -0.05) is 13.3 Å². The zero-order valence-electron chi connectivity index (χ0n) is 10.9. The molecule has 2 aliphatic rings. The van der Waals surface area contributed by atoms with Gasteiger partial charge in [0.15, 0.2) is 0 Å². The second kappa shape index (κ2) is 4.84. The number of carbonyl (C=O) groups excluding carboxylic acids is 1. The van der Waals surface area contributed by atoms with E-state index in [1.165, 1.54) is 19.3 Å². The molecule has 4 nitrogen and oxygen atoms in total. The van der Waals surface area contributed by atoms with Gasteiger partial charge in [-0.15, -0.1) is 0 Å². The Hall–Kier alpha value is -0.770. The van der Waals surface area contributed by atoms with Crippen LogP contribution in [0.15, 0.2) is 0 Å². The number of carbonyl (C=O) groups is 1. The van der Waals surface area contributed by atoms with Crippen LogP contribution >= 0.6 is 0 Å². The molecule has 1 unspecified atom stereocenters. The normalized spacial score (nSPS) is 23.7. The van der Waals surface area contributed by atoms with Crippen molar-refractivity contribution in [1.29, 1.82) is 0 Å². The van der Waals surface area contributed by atoms with E-state index in [1.807, 2.05) is 0 Å². The number of aliphatic hydroxyl groups excluding tert-OH is 1. The summed E-state index contributed by atoms with van der Waals surface area (Å²) >= 11 is 0. The van der Waals surface area contributed by atoms with Gasteiger partial charge in [0.1, 0.15) is 0 Å². The molecule has 0 saturated heterocycles. The van der Waals surface area contributed by atoms with Crippen LogP contribution in [0.5, 0.6) is 0 Å². The van der Waals surface area contributed by atoms with Crippen LogP contribution in [0.4, 0.5) is 4.79 Å². The number of urea groups is 1. The Kier molecular flexibility index (Phi) is 3.61. The molecule has 0 aliphatic heterocycles. The van der Waals surface area contributed by atoms with Gasteiger partial charge in [0.05, 0.1) is 6.10 Å². The molecule has 2 N–H and O–H groups in total. The van der Waals surface area contributed by atoms with Crippen molar-refractivity contribution >= 4 is 6.03 Å². The number of rotatable bonds is 5. The number of aliphatic hydroxyl groups is 1. The van der Waals surface area contributed by atoms with Crippen LogP contribution < -0.4 is 5.32 Å². The van der Waals surface area contributed by atoms with Crippen LogP contribution in [0.1, 0.15) is 39.0 Å². The van der Waals surface area contributed by atoms with Gasteiger partial charge in [0.2, 0.25) is 0 Å². The van der Waals surface area contributed by atoms with E-state index in [-0.39, 0.29) is 12.1 Å². The molecule has 2 aliphatic carbocycles. The number of hydrogen-bond donors (Lipinski definition) is 2. The molecule has 2 saturated carbocycles. The van der Waals surface area contributed by atoms with E-state index in [0.717, 1.165) is 19.4 Å². The predicted molar refractivity (Wildman–Crippen MR) is 66.7 cm³/mol. The fourth-order valence-electron chi connectivity index (χ4n) is 2.37. The van der Waals surface area contributed by atoms with Crippen molar-refractivity contribution in [3.05, 3.63) is 0 Å². The van der Waals surface area contributed by atoms with Crippen molar-refractivity contribution in [1.82, 2.24) is 10.2 Å². The molecule has 2 amide bonds. The Morgan fingerprint density at radius 3 is 2.65 bits per heavy atom. The number of likely N-dealkylation sites (N-methyl/N-ethyl adjacent to an activating group) is 1. The van der Waals surface area contributed by atoms with E-state index >= 15 is 0 Å². The van der Waals surface area contributed by atoms with Crippen molar-refractivity contribution in [2.75, 3.05) is 20.1 Å². The van der Waals surface area contributed by atoms with Gasteiger partial charge in [-0.3, -0.25) is 0 Å². The summed E-state index contributed by atoms with van der Waals surface area (Å²) < 4.78 is 0. The minimum Gasteiger partial charge on any atom is -0.391 e. The first kappa shape index (κ1) is 12.7. The summed E-state index contributed by atoms with van der Waals surface area (Å²) in [7, 11) is 1.75. The fraction of sp³-hybridized carbons (Fsp3) is 0.923. The lowest BCUT2D eigenvalue weighted by atomic mass is 9.70. The molecular weight excluding hydrogens is 216 g/mol. The lowest BCUT2D eigenvalue weighted by molar-refractivity contribution is 0.109. The summed E-state index contributed by atoms with van der Waals surface area (Å²) in [5.74, 6) is 0.425. The summed E-state index contributed by atoms with van der Waals surface area (Å²) in [6.07, 6.45) is 5.57. The smallest absolute Gasteiger partial charge is 0.317 e. The zero-order chi connectivity index (χ0) is 12.5. The SMILES string of the molecule is CN(CC(O)C1CC1)C(=O)NCC1(C)CCC1. The van der Waals surface area contributed by atoms with Crippen molar-refractivity contribution < 1.29 is 9.90 Å². The average Bonchev–Trinajstić information content (AvgIpc) is 3.06. The van der Waals surface area contributed by atoms with Crippen LogP contribution in [0.25, 0.3) is 0 Å². The van der Waals surface area contributed by atoms with E-state index < -0.39 is 0 Å². The first-order valence-electron chi connectivity index (χ1n) is 6.67. The molecule has 98 valence electrons.